The Morgan fingerprint density at radius 1 is 1.17 bits per heavy atom. The molecule has 1 aromatic carbocycles. The second kappa shape index (κ2) is 7.08. The minimum atomic E-state index is -0.352. The van der Waals surface area contributed by atoms with Gasteiger partial charge in [0, 0.05) is 11.7 Å². The van der Waals surface area contributed by atoms with Crippen molar-refractivity contribution in [1.82, 2.24) is 15.3 Å². The number of rotatable bonds is 6. The highest BCUT2D eigenvalue weighted by molar-refractivity contribution is 5.92. The molecule has 0 radical (unpaired) electrons. The van der Waals surface area contributed by atoms with Crippen molar-refractivity contribution < 1.29 is 14.3 Å². The number of benzene rings is 1. The molecule has 2 N–H and O–H groups in total. The summed E-state index contributed by atoms with van der Waals surface area (Å²) in [4.78, 5) is 31.7. The molecule has 7 nitrogen and oxygen atoms in total. The van der Waals surface area contributed by atoms with Gasteiger partial charge in [-0.1, -0.05) is 0 Å². The number of aromatic nitrogens is 2. The van der Waals surface area contributed by atoms with Crippen molar-refractivity contribution >= 4 is 23.4 Å². The van der Waals surface area contributed by atoms with Crippen molar-refractivity contribution in [3.8, 4) is 0 Å². The first-order valence-corrected chi connectivity index (χ1v) is 7.83. The van der Waals surface area contributed by atoms with Gasteiger partial charge in [-0.2, -0.15) is 0 Å². The Hall–Kier alpha value is -2.96. The molecule has 0 atom stereocenters. The number of amides is 1. The van der Waals surface area contributed by atoms with Crippen LogP contribution in [0.15, 0.2) is 36.7 Å². The van der Waals surface area contributed by atoms with Crippen LogP contribution in [0.1, 0.15) is 40.6 Å². The van der Waals surface area contributed by atoms with Crippen LogP contribution in [0, 0.1) is 0 Å². The van der Waals surface area contributed by atoms with E-state index in [-0.39, 0.29) is 17.9 Å². The summed E-state index contributed by atoms with van der Waals surface area (Å²) >= 11 is 0. The lowest BCUT2D eigenvalue weighted by Crippen LogP contribution is -2.26. The van der Waals surface area contributed by atoms with E-state index in [2.05, 4.69) is 20.6 Å². The Kier molecular flexibility index (Phi) is 4.69. The van der Waals surface area contributed by atoms with Gasteiger partial charge in [0.05, 0.1) is 24.6 Å². The quantitative estimate of drug-likeness (QED) is 0.791. The zero-order valence-corrected chi connectivity index (χ0v) is 13.3. The summed E-state index contributed by atoms with van der Waals surface area (Å²) in [6.45, 7) is 2.11. The van der Waals surface area contributed by atoms with Crippen molar-refractivity contribution in [3.63, 3.8) is 0 Å². The molecule has 0 saturated heterocycles. The fourth-order valence-corrected chi connectivity index (χ4v) is 2.05. The first-order chi connectivity index (χ1) is 11.7. The van der Waals surface area contributed by atoms with Gasteiger partial charge in [0.1, 0.15) is 11.5 Å². The largest absolute Gasteiger partial charge is 0.462 e. The van der Waals surface area contributed by atoms with Gasteiger partial charge >= 0.3 is 5.97 Å². The van der Waals surface area contributed by atoms with Crippen molar-refractivity contribution in [3.05, 3.63) is 47.9 Å². The maximum absolute atomic E-state index is 11.8. The predicted molar refractivity (Wildman–Crippen MR) is 88.2 cm³/mol. The minimum absolute atomic E-state index is 0.199. The molecule has 0 unspecified atom stereocenters. The van der Waals surface area contributed by atoms with Crippen LogP contribution in [0.2, 0.25) is 0 Å². The molecule has 1 fully saturated rings. The van der Waals surface area contributed by atoms with Gasteiger partial charge in [-0.3, -0.25) is 4.79 Å². The van der Waals surface area contributed by atoms with Gasteiger partial charge < -0.3 is 15.4 Å². The first-order valence-electron chi connectivity index (χ1n) is 7.83. The molecular formula is C17H18N4O3. The summed E-state index contributed by atoms with van der Waals surface area (Å²) in [6, 6.07) is 7.13. The van der Waals surface area contributed by atoms with E-state index >= 15 is 0 Å². The van der Waals surface area contributed by atoms with E-state index in [1.807, 2.05) is 0 Å². The molecule has 1 saturated carbocycles. The highest BCUT2D eigenvalue weighted by Gasteiger charge is 2.24. The summed E-state index contributed by atoms with van der Waals surface area (Å²) in [6.07, 6.45) is 5.00. The Morgan fingerprint density at radius 3 is 2.50 bits per heavy atom. The summed E-state index contributed by atoms with van der Waals surface area (Å²) in [5.41, 5.74) is 1.54. The second-order valence-electron chi connectivity index (χ2n) is 5.46. The number of ether oxygens (including phenoxy) is 1. The summed E-state index contributed by atoms with van der Waals surface area (Å²) < 4.78 is 4.93. The average molecular weight is 326 g/mol. The molecule has 1 aliphatic rings. The number of hydrogen-bond acceptors (Lipinski definition) is 6. The molecular weight excluding hydrogens is 308 g/mol. The lowest BCUT2D eigenvalue weighted by molar-refractivity contribution is 0.0526. The van der Waals surface area contributed by atoms with Crippen LogP contribution in [0.5, 0.6) is 0 Å². The van der Waals surface area contributed by atoms with Crippen LogP contribution in [-0.2, 0) is 4.74 Å². The lowest BCUT2D eigenvalue weighted by atomic mass is 10.2. The first kappa shape index (κ1) is 15.9. The zero-order valence-electron chi connectivity index (χ0n) is 13.3. The number of hydrogen-bond donors (Lipinski definition) is 2. The normalized spacial score (nSPS) is 13.2. The molecule has 0 aliphatic heterocycles. The molecule has 2 aromatic rings. The number of anilines is 2. The number of carbonyl (C=O) groups is 2. The van der Waals surface area contributed by atoms with Gasteiger partial charge in [0.15, 0.2) is 0 Å². The van der Waals surface area contributed by atoms with Crippen molar-refractivity contribution in [1.29, 1.82) is 0 Å². The Morgan fingerprint density at radius 2 is 1.92 bits per heavy atom. The van der Waals surface area contributed by atoms with Gasteiger partial charge in [0.25, 0.3) is 5.91 Å². The van der Waals surface area contributed by atoms with E-state index in [9.17, 15) is 9.59 Å². The summed E-state index contributed by atoms with van der Waals surface area (Å²) in [5.74, 6) is -0.0351. The minimum Gasteiger partial charge on any atom is -0.462 e. The zero-order chi connectivity index (χ0) is 16.9. The molecule has 7 heteroatoms. The Labute approximate surface area is 139 Å². The van der Waals surface area contributed by atoms with Crippen molar-refractivity contribution in [2.45, 2.75) is 25.8 Å². The van der Waals surface area contributed by atoms with Crippen LogP contribution >= 0.6 is 0 Å². The Balaban J connectivity index is 1.61. The topological polar surface area (TPSA) is 93.2 Å². The summed E-state index contributed by atoms with van der Waals surface area (Å²) in [5, 5.41) is 5.92. The molecule has 1 heterocycles. The van der Waals surface area contributed by atoms with Gasteiger partial charge in [-0.15, -0.1) is 0 Å². The number of nitrogens with one attached hydrogen (secondary N) is 2. The molecule has 0 bridgehead atoms. The third-order valence-electron chi connectivity index (χ3n) is 3.47. The van der Waals surface area contributed by atoms with Crippen LogP contribution in [0.25, 0.3) is 0 Å². The van der Waals surface area contributed by atoms with Crippen molar-refractivity contribution in [2.75, 3.05) is 11.9 Å². The number of carbonyl (C=O) groups excluding carboxylic acids is 2. The molecule has 24 heavy (non-hydrogen) atoms. The van der Waals surface area contributed by atoms with Gasteiger partial charge in [-0.05, 0) is 44.0 Å². The highest BCUT2D eigenvalue weighted by Crippen LogP contribution is 2.19. The van der Waals surface area contributed by atoms with Crippen LogP contribution in [0.3, 0.4) is 0 Å². The van der Waals surface area contributed by atoms with E-state index < -0.39 is 0 Å². The molecule has 124 valence electrons. The van der Waals surface area contributed by atoms with Crippen LogP contribution < -0.4 is 10.6 Å². The highest BCUT2D eigenvalue weighted by atomic mass is 16.5. The van der Waals surface area contributed by atoms with Crippen LogP contribution in [-0.4, -0.2) is 34.5 Å². The lowest BCUT2D eigenvalue weighted by Gasteiger charge is -2.07. The maximum Gasteiger partial charge on any atom is 0.338 e. The van der Waals surface area contributed by atoms with E-state index in [4.69, 9.17) is 4.74 Å². The van der Waals surface area contributed by atoms with Gasteiger partial charge in [0.2, 0.25) is 0 Å². The molecule has 1 aromatic heterocycles. The molecule has 1 aliphatic carbocycles. The second-order valence-corrected chi connectivity index (χ2v) is 5.46. The molecule has 1 amide bonds. The van der Waals surface area contributed by atoms with E-state index in [0.29, 0.717) is 23.7 Å². The fourth-order valence-electron chi connectivity index (χ4n) is 2.05. The molecule has 0 spiro atoms. The Bertz CT molecular complexity index is 725. The third-order valence-corrected chi connectivity index (χ3v) is 3.47. The monoisotopic (exact) mass is 326 g/mol. The third kappa shape index (κ3) is 4.07. The number of nitrogens with zero attached hydrogens (tertiary/aromatic N) is 2. The van der Waals surface area contributed by atoms with E-state index in [1.165, 1.54) is 12.4 Å². The van der Waals surface area contributed by atoms with E-state index in [0.717, 1.165) is 18.5 Å². The van der Waals surface area contributed by atoms with Gasteiger partial charge in [-0.25, -0.2) is 14.8 Å². The fraction of sp³-hybridized carbons (Fsp3) is 0.294. The maximum atomic E-state index is 11.8. The standard InChI is InChI=1S/C17H18N4O3/c1-2-24-17(23)11-3-5-12(6-4-11)20-15-10-18-14(9-19-15)16(22)21-13-7-8-13/h3-6,9-10,13H,2,7-8H2,1H3,(H,19,20)(H,21,22). The average Bonchev–Trinajstić information content (AvgIpc) is 3.40. The smallest absolute Gasteiger partial charge is 0.338 e. The number of esters is 1. The molecule has 3 rings (SSSR count). The van der Waals surface area contributed by atoms with Crippen molar-refractivity contribution in [2.24, 2.45) is 0 Å². The van der Waals surface area contributed by atoms with E-state index in [1.54, 1.807) is 31.2 Å². The summed E-state index contributed by atoms with van der Waals surface area (Å²) in [7, 11) is 0. The predicted octanol–water partition coefficient (Wildman–Crippen LogP) is 2.29. The van der Waals surface area contributed by atoms with Crippen LogP contribution in [0.4, 0.5) is 11.5 Å². The SMILES string of the molecule is CCOC(=O)c1ccc(Nc2cnc(C(=O)NC3CC3)cn2)cc1.